The van der Waals surface area contributed by atoms with E-state index in [1.54, 1.807) is 11.2 Å². The highest BCUT2D eigenvalue weighted by atomic mass is 32.2. The van der Waals surface area contributed by atoms with Crippen LogP contribution in [0.15, 0.2) is 30.3 Å². The molecular weight excluding hydrogens is 354 g/mol. The number of ether oxygens (including phenoxy) is 1. The molecule has 0 aliphatic carbocycles. The molecule has 0 aromatic heterocycles. The van der Waals surface area contributed by atoms with E-state index in [9.17, 15) is 9.00 Å². The molecule has 2 rings (SSSR count). The van der Waals surface area contributed by atoms with Crippen molar-refractivity contribution in [3.8, 4) is 0 Å². The average molecular weight is 382 g/mol. The Morgan fingerprint density at radius 2 is 1.80 bits per heavy atom. The van der Waals surface area contributed by atoms with Gasteiger partial charge in [0.25, 0.3) is 5.17 Å². The van der Waals surface area contributed by atoms with Crippen LogP contribution < -0.4 is 0 Å². The molecule has 1 aliphatic rings. The molecule has 138 valence electrons. The molecule has 0 saturated carbocycles. The molecule has 0 bridgehead atoms. The van der Waals surface area contributed by atoms with E-state index in [1.165, 1.54) is 0 Å². The molecule has 1 unspecified atom stereocenters. The van der Waals surface area contributed by atoms with E-state index < -0.39 is 22.3 Å². The summed E-state index contributed by atoms with van der Waals surface area (Å²) < 4.78 is 18.2. The third-order valence-corrected chi connectivity index (χ3v) is 6.41. The number of rotatable bonds is 5. The minimum absolute atomic E-state index is 0.127. The van der Waals surface area contributed by atoms with Gasteiger partial charge in [-0.3, -0.25) is 13.9 Å². The predicted molar refractivity (Wildman–Crippen MR) is 106 cm³/mol. The van der Waals surface area contributed by atoms with Crippen LogP contribution in [-0.4, -0.2) is 38.1 Å². The third-order valence-electron chi connectivity index (χ3n) is 4.74. The van der Waals surface area contributed by atoms with Gasteiger partial charge in [0.2, 0.25) is 5.91 Å². The topological polar surface area (TPSA) is 46.6 Å². The molecule has 1 heterocycles. The third kappa shape index (κ3) is 3.95. The van der Waals surface area contributed by atoms with Crippen molar-refractivity contribution in [2.24, 2.45) is 11.8 Å². The van der Waals surface area contributed by atoms with E-state index in [0.717, 1.165) is 5.56 Å². The first-order chi connectivity index (χ1) is 11.6. The van der Waals surface area contributed by atoms with Gasteiger partial charge in [-0.05, 0) is 37.5 Å². The zero-order valence-corrected chi connectivity index (χ0v) is 17.3. The number of thiocarbonyl (C=S) groups is 1. The Balaban J connectivity index is 2.37. The summed E-state index contributed by atoms with van der Waals surface area (Å²) in [6.07, 6.45) is 1.64. The lowest BCUT2D eigenvalue weighted by molar-refractivity contribution is -0.133. The maximum atomic E-state index is 13.3. The Hall–Kier alpha value is -1.27. The van der Waals surface area contributed by atoms with Crippen molar-refractivity contribution in [2.75, 3.05) is 6.26 Å². The van der Waals surface area contributed by atoms with Crippen LogP contribution in [-0.2, 0) is 20.3 Å². The number of carbonyl (C=O) groups excluding carboxylic acids is 1. The molecule has 4 atom stereocenters. The van der Waals surface area contributed by atoms with E-state index in [-0.39, 0.29) is 28.3 Å². The fourth-order valence-corrected chi connectivity index (χ4v) is 5.50. The van der Waals surface area contributed by atoms with Crippen LogP contribution in [0.4, 0.5) is 0 Å². The molecule has 4 nitrogen and oxygen atoms in total. The summed E-state index contributed by atoms with van der Waals surface area (Å²) in [6, 6.07) is 9.40. The average Bonchev–Trinajstić information content (AvgIpc) is 2.76. The van der Waals surface area contributed by atoms with Gasteiger partial charge in [0, 0.05) is 17.1 Å². The monoisotopic (exact) mass is 381 g/mol. The molecule has 1 aromatic carbocycles. The molecule has 1 saturated heterocycles. The van der Waals surface area contributed by atoms with Gasteiger partial charge in [0.1, 0.15) is 5.60 Å². The van der Waals surface area contributed by atoms with E-state index in [1.807, 2.05) is 51.1 Å². The number of carbonyl (C=O) groups is 1. The SMILES string of the molecule is CC(C)[C@@H]1N(C(=O)[C@H](C)[C@@H](c2ccccc2)S(C)=O)C(=S)OC1(C)C. The quantitative estimate of drug-likeness (QED) is 0.730. The first kappa shape index (κ1) is 20.0. The van der Waals surface area contributed by atoms with E-state index in [0.29, 0.717) is 0 Å². The molecule has 1 fully saturated rings. The van der Waals surface area contributed by atoms with E-state index in [4.69, 9.17) is 17.0 Å². The summed E-state index contributed by atoms with van der Waals surface area (Å²) in [5.74, 6) is -0.405. The van der Waals surface area contributed by atoms with Crippen LogP contribution in [0.25, 0.3) is 0 Å². The molecule has 1 amide bonds. The number of nitrogens with zero attached hydrogens (tertiary/aromatic N) is 1. The largest absolute Gasteiger partial charge is 0.462 e. The van der Waals surface area contributed by atoms with Crippen molar-refractivity contribution in [2.45, 2.75) is 51.5 Å². The van der Waals surface area contributed by atoms with Gasteiger partial charge in [0.15, 0.2) is 0 Å². The summed E-state index contributed by atoms with van der Waals surface area (Å²) in [4.78, 5) is 14.9. The van der Waals surface area contributed by atoms with E-state index >= 15 is 0 Å². The molecular formula is C19H27NO3S2. The second-order valence-corrected chi connectivity index (χ2v) is 9.34. The first-order valence-electron chi connectivity index (χ1n) is 8.51. The lowest BCUT2D eigenvalue weighted by Crippen LogP contribution is -2.50. The van der Waals surface area contributed by atoms with Crippen molar-refractivity contribution < 1.29 is 13.7 Å². The highest BCUT2D eigenvalue weighted by Crippen LogP contribution is 2.37. The Labute approximate surface area is 158 Å². The van der Waals surface area contributed by atoms with Crippen molar-refractivity contribution in [3.05, 3.63) is 35.9 Å². The molecule has 1 aromatic rings. The van der Waals surface area contributed by atoms with Crippen molar-refractivity contribution in [1.82, 2.24) is 4.90 Å². The fraction of sp³-hybridized carbons (Fsp3) is 0.579. The minimum Gasteiger partial charge on any atom is -0.462 e. The fourth-order valence-electron chi connectivity index (χ4n) is 3.85. The van der Waals surface area contributed by atoms with Crippen LogP contribution >= 0.6 is 12.2 Å². The van der Waals surface area contributed by atoms with Crippen LogP contribution in [0.2, 0.25) is 0 Å². The number of hydrogen-bond donors (Lipinski definition) is 0. The molecule has 1 aliphatic heterocycles. The summed E-state index contributed by atoms with van der Waals surface area (Å²) in [7, 11) is -1.19. The predicted octanol–water partition coefficient (Wildman–Crippen LogP) is 3.69. The first-order valence-corrected chi connectivity index (χ1v) is 10.5. The number of amides is 1. The lowest BCUT2D eigenvalue weighted by atomic mass is 9.88. The number of benzene rings is 1. The summed E-state index contributed by atoms with van der Waals surface area (Å²) in [5, 5.41) is -0.165. The van der Waals surface area contributed by atoms with Gasteiger partial charge in [-0.1, -0.05) is 51.1 Å². The molecule has 0 radical (unpaired) electrons. The van der Waals surface area contributed by atoms with Crippen molar-refractivity contribution >= 4 is 34.1 Å². The van der Waals surface area contributed by atoms with Gasteiger partial charge in [0.05, 0.1) is 17.2 Å². The number of hydrogen-bond acceptors (Lipinski definition) is 4. The van der Waals surface area contributed by atoms with E-state index in [2.05, 4.69) is 13.8 Å². The lowest BCUT2D eigenvalue weighted by Gasteiger charge is -2.34. The summed E-state index contributed by atoms with van der Waals surface area (Å²) in [6.45, 7) is 9.85. The Kier molecular flexibility index (Phi) is 6.05. The second kappa shape index (κ2) is 7.54. The molecule has 25 heavy (non-hydrogen) atoms. The van der Waals surface area contributed by atoms with Gasteiger partial charge in [-0.15, -0.1) is 0 Å². The van der Waals surface area contributed by atoms with Gasteiger partial charge in [-0.2, -0.15) is 0 Å². The zero-order valence-electron chi connectivity index (χ0n) is 15.7. The maximum Gasteiger partial charge on any atom is 0.267 e. The summed E-state index contributed by atoms with van der Waals surface area (Å²) in [5.41, 5.74) is 0.365. The molecule has 0 N–H and O–H groups in total. The van der Waals surface area contributed by atoms with Crippen molar-refractivity contribution in [3.63, 3.8) is 0 Å². The Bertz CT molecular complexity index is 673. The highest BCUT2D eigenvalue weighted by molar-refractivity contribution is 7.84. The maximum absolute atomic E-state index is 13.3. The highest BCUT2D eigenvalue weighted by Gasteiger charge is 2.51. The summed E-state index contributed by atoms with van der Waals surface area (Å²) >= 11 is 5.36. The zero-order chi connectivity index (χ0) is 18.9. The smallest absolute Gasteiger partial charge is 0.267 e. The molecule has 0 spiro atoms. The normalized spacial score (nSPS) is 23.2. The van der Waals surface area contributed by atoms with Crippen LogP contribution in [0.3, 0.4) is 0 Å². The Morgan fingerprint density at radius 1 is 1.24 bits per heavy atom. The Morgan fingerprint density at radius 3 is 2.28 bits per heavy atom. The van der Waals surface area contributed by atoms with Gasteiger partial charge in [-0.25, -0.2) is 0 Å². The molecule has 6 heteroatoms. The van der Waals surface area contributed by atoms with Gasteiger partial charge >= 0.3 is 0 Å². The van der Waals surface area contributed by atoms with Gasteiger partial charge < -0.3 is 4.74 Å². The minimum atomic E-state index is -1.19. The van der Waals surface area contributed by atoms with Crippen LogP contribution in [0.5, 0.6) is 0 Å². The van der Waals surface area contributed by atoms with Crippen LogP contribution in [0, 0.1) is 11.8 Å². The van der Waals surface area contributed by atoms with Crippen molar-refractivity contribution in [1.29, 1.82) is 0 Å². The van der Waals surface area contributed by atoms with Crippen LogP contribution in [0.1, 0.15) is 45.4 Å². The second-order valence-electron chi connectivity index (χ2n) is 7.49. The standard InChI is InChI=1S/C19H27NO3S2/c1-12(2)16-19(4,5)23-18(24)20(16)17(21)13(3)15(25(6)22)14-10-8-7-9-11-14/h7-13,15-16H,1-6H3/t13-,15+,16+,25?/m1/s1.